The fraction of sp³-hybridized carbons (Fsp3) is 0.190. The number of hydrogen-bond acceptors (Lipinski definition) is 6. The molecule has 0 unspecified atom stereocenters. The second kappa shape index (κ2) is 8.99. The maximum Gasteiger partial charge on any atom is 0.267 e. The summed E-state index contributed by atoms with van der Waals surface area (Å²) in [5, 5.41) is 12.2. The molecule has 154 valence electrons. The molecule has 0 radical (unpaired) electrons. The Labute approximate surface area is 187 Å². The number of hydrogen-bond donors (Lipinski definition) is 1. The largest absolute Gasteiger partial charge is 0.489 e. The van der Waals surface area contributed by atoms with E-state index >= 15 is 0 Å². The first kappa shape index (κ1) is 20.6. The van der Waals surface area contributed by atoms with Crippen molar-refractivity contribution in [3.63, 3.8) is 0 Å². The van der Waals surface area contributed by atoms with Crippen LogP contribution in [-0.4, -0.2) is 20.7 Å². The van der Waals surface area contributed by atoms with Crippen LogP contribution in [0.25, 0.3) is 11.3 Å². The van der Waals surface area contributed by atoms with E-state index in [-0.39, 0.29) is 5.91 Å². The van der Waals surface area contributed by atoms with Crippen LogP contribution >= 0.6 is 34.3 Å². The topological polar surface area (TPSA) is 69.0 Å². The smallest absolute Gasteiger partial charge is 0.267 e. The summed E-state index contributed by atoms with van der Waals surface area (Å²) in [4.78, 5) is 17.7. The van der Waals surface area contributed by atoms with E-state index in [1.54, 1.807) is 12.3 Å². The molecule has 0 aliphatic rings. The molecule has 6 nitrogen and oxygen atoms in total. The second-order valence-corrected chi connectivity index (χ2v) is 8.80. The Hall–Kier alpha value is -2.68. The van der Waals surface area contributed by atoms with Crippen molar-refractivity contribution in [2.24, 2.45) is 0 Å². The third-order valence-corrected chi connectivity index (χ3v) is 6.36. The van der Waals surface area contributed by atoms with Gasteiger partial charge >= 0.3 is 0 Å². The molecule has 0 spiro atoms. The number of ether oxygens (including phenoxy) is 1. The summed E-state index contributed by atoms with van der Waals surface area (Å²) in [5.41, 5.74) is 3.64. The van der Waals surface area contributed by atoms with Crippen molar-refractivity contribution >= 4 is 45.3 Å². The minimum Gasteiger partial charge on any atom is -0.489 e. The molecule has 4 rings (SSSR count). The van der Waals surface area contributed by atoms with E-state index in [0.29, 0.717) is 21.6 Å². The first-order valence-electron chi connectivity index (χ1n) is 9.28. The Morgan fingerprint density at radius 1 is 1.27 bits per heavy atom. The van der Waals surface area contributed by atoms with Gasteiger partial charge in [0, 0.05) is 34.3 Å². The molecule has 3 heterocycles. The number of aromatic nitrogens is 3. The average Bonchev–Trinajstić information content (AvgIpc) is 3.47. The molecule has 3 aromatic heterocycles. The SMILES string of the molecule is CCn1cc(-c2csc(NC(=O)c3cc(COc4ccc(Cl)cc4C)cs3)n2)cn1. The first-order valence-corrected chi connectivity index (χ1v) is 11.4. The minimum atomic E-state index is -0.181. The molecule has 0 aliphatic carbocycles. The van der Waals surface area contributed by atoms with Crippen molar-refractivity contribution in [2.45, 2.75) is 27.0 Å². The summed E-state index contributed by atoms with van der Waals surface area (Å²) in [6.07, 6.45) is 3.71. The fourth-order valence-electron chi connectivity index (χ4n) is 2.80. The quantitative estimate of drug-likeness (QED) is 0.375. The van der Waals surface area contributed by atoms with E-state index in [2.05, 4.69) is 15.4 Å². The highest BCUT2D eigenvalue weighted by molar-refractivity contribution is 7.14. The molecular formula is C21H19ClN4O2S2. The molecule has 1 amide bonds. The van der Waals surface area contributed by atoms with E-state index in [1.807, 2.05) is 53.7 Å². The monoisotopic (exact) mass is 458 g/mol. The number of carbonyl (C=O) groups is 1. The van der Waals surface area contributed by atoms with Crippen molar-refractivity contribution < 1.29 is 9.53 Å². The van der Waals surface area contributed by atoms with E-state index in [9.17, 15) is 4.79 Å². The lowest BCUT2D eigenvalue weighted by Gasteiger charge is -2.08. The number of carbonyl (C=O) groups excluding carboxylic acids is 1. The van der Waals surface area contributed by atoms with Gasteiger partial charge < -0.3 is 4.74 Å². The fourth-order valence-corrected chi connectivity index (χ4v) is 4.53. The van der Waals surface area contributed by atoms with Gasteiger partial charge in [0.15, 0.2) is 5.13 Å². The minimum absolute atomic E-state index is 0.181. The van der Waals surface area contributed by atoms with Crippen molar-refractivity contribution in [2.75, 3.05) is 5.32 Å². The van der Waals surface area contributed by atoms with Crippen LogP contribution in [0.4, 0.5) is 5.13 Å². The summed E-state index contributed by atoms with van der Waals surface area (Å²) < 4.78 is 7.69. The van der Waals surface area contributed by atoms with Gasteiger partial charge in [0.05, 0.1) is 16.8 Å². The van der Waals surface area contributed by atoms with Crippen LogP contribution < -0.4 is 10.1 Å². The zero-order chi connectivity index (χ0) is 21.1. The number of amides is 1. The van der Waals surface area contributed by atoms with E-state index < -0.39 is 0 Å². The van der Waals surface area contributed by atoms with E-state index in [0.717, 1.165) is 34.7 Å². The number of halogens is 1. The number of thiazole rings is 1. The average molecular weight is 459 g/mol. The predicted octanol–water partition coefficient (Wildman–Crippen LogP) is 5.88. The first-order chi connectivity index (χ1) is 14.5. The van der Waals surface area contributed by atoms with Crippen molar-refractivity contribution in [1.29, 1.82) is 0 Å². The normalized spacial score (nSPS) is 10.9. The Bertz CT molecular complexity index is 1180. The van der Waals surface area contributed by atoms with Gasteiger partial charge in [-0.1, -0.05) is 11.6 Å². The number of thiophene rings is 1. The zero-order valence-electron chi connectivity index (χ0n) is 16.4. The summed E-state index contributed by atoms with van der Waals surface area (Å²) in [6, 6.07) is 7.35. The third kappa shape index (κ3) is 4.72. The zero-order valence-corrected chi connectivity index (χ0v) is 18.8. The summed E-state index contributed by atoms with van der Waals surface area (Å²) in [5.74, 6) is 0.595. The van der Waals surface area contributed by atoms with E-state index in [1.165, 1.54) is 22.7 Å². The molecule has 0 bridgehead atoms. The van der Waals surface area contributed by atoms with Crippen LogP contribution in [0.3, 0.4) is 0 Å². The molecule has 1 aromatic carbocycles. The molecule has 0 saturated heterocycles. The highest BCUT2D eigenvalue weighted by Crippen LogP contribution is 2.26. The van der Waals surface area contributed by atoms with Gasteiger partial charge in [0.2, 0.25) is 0 Å². The van der Waals surface area contributed by atoms with Gasteiger partial charge in [-0.05, 0) is 49.1 Å². The van der Waals surface area contributed by atoms with Gasteiger partial charge in [-0.15, -0.1) is 22.7 Å². The number of rotatable bonds is 7. The molecule has 1 N–H and O–H groups in total. The third-order valence-electron chi connectivity index (χ3n) is 4.39. The van der Waals surface area contributed by atoms with Gasteiger partial charge in [0.1, 0.15) is 12.4 Å². The van der Waals surface area contributed by atoms with Gasteiger partial charge in [-0.25, -0.2) is 4.98 Å². The Balaban J connectivity index is 1.37. The maximum absolute atomic E-state index is 12.6. The van der Waals surface area contributed by atoms with Crippen LogP contribution in [-0.2, 0) is 13.2 Å². The highest BCUT2D eigenvalue weighted by Gasteiger charge is 2.13. The number of aryl methyl sites for hydroxylation is 2. The lowest BCUT2D eigenvalue weighted by Crippen LogP contribution is -2.09. The second-order valence-electron chi connectivity index (χ2n) is 6.59. The lowest BCUT2D eigenvalue weighted by atomic mass is 10.2. The molecule has 0 atom stereocenters. The van der Waals surface area contributed by atoms with Crippen LogP contribution in [0.15, 0.2) is 47.4 Å². The lowest BCUT2D eigenvalue weighted by molar-refractivity contribution is 0.103. The van der Waals surface area contributed by atoms with E-state index in [4.69, 9.17) is 16.3 Å². The molecule has 30 heavy (non-hydrogen) atoms. The maximum atomic E-state index is 12.6. The summed E-state index contributed by atoms with van der Waals surface area (Å²) in [6.45, 7) is 5.16. The van der Waals surface area contributed by atoms with Crippen LogP contribution in [0.2, 0.25) is 5.02 Å². The number of benzene rings is 1. The Morgan fingerprint density at radius 2 is 2.13 bits per heavy atom. The Morgan fingerprint density at radius 3 is 2.90 bits per heavy atom. The molecular weight excluding hydrogens is 440 g/mol. The molecule has 0 saturated carbocycles. The Kier molecular flexibility index (Phi) is 6.17. The molecule has 0 aliphatic heterocycles. The van der Waals surface area contributed by atoms with Gasteiger partial charge in [0.25, 0.3) is 5.91 Å². The van der Waals surface area contributed by atoms with Crippen LogP contribution in [0, 0.1) is 6.92 Å². The van der Waals surface area contributed by atoms with Crippen LogP contribution in [0.5, 0.6) is 5.75 Å². The van der Waals surface area contributed by atoms with Gasteiger partial charge in [-0.2, -0.15) is 5.10 Å². The summed E-state index contributed by atoms with van der Waals surface area (Å²) >= 11 is 8.74. The van der Waals surface area contributed by atoms with Crippen molar-refractivity contribution in [3.05, 3.63) is 68.4 Å². The standard InChI is InChI=1S/C21H19ClN4O2S2/c1-3-26-9-15(8-23-26)17-12-30-21(24-17)25-20(27)19-7-14(11-29-19)10-28-18-5-4-16(22)6-13(18)2/h4-9,11-12H,3,10H2,1-2H3,(H,24,25,27). The summed E-state index contributed by atoms with van der Waals surface area (Å²) in [7, 11) is 0. The number of nitrogens with zero attached hydrogens (tertiary/aromatic N) is 3. The highest BCUT2D eigenvalue weighted by atomic mass is 35.5. The van der Waals surface area contributed by atoms with Crippen molar-refractivity contribution in [3.8, 4) is 17.0 Å². The molecule has 9 heteroatoms. The van der Waals surface area contributed by atoms with Crippen LogP contribution in [0.1, 0.15) is 27.7 Å². The predicted molar refractivity (Wildman–Crippen MR) is 122 cm³/mol. The molecule has 0 fully saturated rings. The van der Waals surface area contributed by atoms with Gasteiger partial charge in [-0.3, -0.25) is 14.8 Å². The number of nitrogens with one attached hydrogen (secondary N) is 1. The molecule has 4 aromatic rings. The number of anilines is 1. The van der Waals surface area contributed by atoms with Crippen molar-refractivity contribution in [1.82, 2.24) is 14.8 Å².